The number of hydrogen-bond donors (Lipinski definition) is 2. The van der Waals surface area contributed by atoms with Crippen molar-refractivity contribution < 1.29 is 4.79 Å². The average Bonchev–Trinajstić information content (AvgIpc) is 3.30. The molecule has 2 aliphatic rings. The van der Waals surface area contributed by atoms with Gasteiger partial charge in [-0.2, -0.15) is 0 Å². The number of aryl methyl sites for hydroxylation is 1. The lowest BCUT2D eigenvalue weighted by molar-refractivity contribution is 0.257. The van der Waals surface area contributed by atoms with Crippen molar-refractivity contribution in [1.82, 2.24) is 24.7 Å². The normalized spacial score (nSPS) is 18.9. The first-order valence-electron chi connectivity index (χ1n) is 9.94. The number of amides is 2. The zero-order chi connectivity index (χ0) is 20.0. The van der Waals surface area contributed by atoms with Crippen LogP contribution in [0.25, 0.3) is 5.65 Å². The number of aromatic nitrogens is 4. The number of hydrogen-bond acceptors (Lipinski definition) is 6. The number of nitrogens with zero attached hydrogens (tertiary/aromatic N) is 6. The van der Waals surface area contributed by atoms with Gasteiger partial charge in [-0.25, -0.2) is 19.7 Å². The van der Waals surface area contributed by atoms with Crippen LogP contribution in [0.2, 0.25) is 0 Å². The lowest BCUT2D eigenvalue weighted by Crippen LogP contribution is -2.49. The lowest BCUT2D eigenvalue weighted by Gasteiger charge is -2.34. The Morgan fingerprint density at radius 3 is 3.03 bits per heavy atom. The zero-order valence-electron chi connectivity index (χ0n) is 16.6. The van der Waals surface area contributed by atoms with Crippen LogP contribution < -0.4 is 20.4 Å². The van der Waals surface area contributed by atoms with Gasteiger partial charge in [0.25, 0.3) is 0 Å². The van der Waals surface area contributed by atoms with E-state index in [9.17, 15) is 4.79 Å². The number of imidazole rings is 1. The van der Waals surface area contributed by atoms with Crippen molar-refractivity contribution in [1.29, 1.82) is 0 Å². The Kier molecular flexibility index (Phi) is 4.31. The third-order valence-electron chi connectivity index (χ3n) is 5.50. The Morgan fingerprint density at radius 2 is 2.17 bits per heavy atom. The summed E-state index contributed by atoms with van der Waals surface area (Å²) in [4.78, 5) is 30.2. The summed E-state index contributed by atoms with van der Waals surface area (Å²) in [5.74, 6) is 1.23. The largest absolute Gasteiger partial charge is 0.368 e. The zero-order valence-corrected chi connectivity index (χ0v) is 16.6. The van der Waals surface area contributed by atoms with Crippen LogP contribution in [0.3, 0.4) is 0 Å². The summed E-state index contributed by atoms with van der Waals surface area (Å²) in [6.45, 7) is 7.61. The van der Waals surface area contributed by atoms with Crippen molar-refractivity contribution in [3.05, 3.63) is 42.1 Å². The van der Waals surface area contributed by atoms with Crippen molar-refractivity contribution in [3.63, 3.8) is 0 Å². The molecule has 3 aromatic rings. The van der Waals surface area contributed by atoms with Gasteiger partial charge in [0.1, 0.15) is 5.82 Å². The minimum Gasteiger partial charge on any atom is -0.368 e. The number of pyridine rings is 1. The molecule has 29 heavy (non-hydrogen) atoms. The van der Waals surface area contributed by atoms with Gasteiger partial charge in [0.15, 0.2) is 11.5 Å². The van der Waals surface area contributed by atoms with E-state index in [1.807, 2.05) is 17.5 Å². The number of anilines is 3. The molecule has 3 aromatic heterocycles. The molecule has 0 radical (unpaired) electrons. The van der Waals surface area contributed by atoms with E-state index in [1.54, 1.807) is 23.5 Å². The summed E-state index contributed by atoms with van der Waals surface area (Å²) in [7, 11) is 0. The van der Waals surface area contributed by atoms with Crippen molar-refractivity contribution in [2.75, 3.05) is 41.3 Å². The molecule has 0 unspecified atom stereocenters. The Bertz CT molecular complexity index is 1080. The highest BCUT2D eigenvalue weighted by Crippen LogP contribution is 2.34. The molecular formula is C20H24N8O. The minimum atomic E-state index is -0.217. The molecule has 5 heterocycles. The average molecular weight is 392 g/mol. The Balaban J connectivity index is 1.38. The second-order valence-electron chi connectivity index (χ2n) is 7.69. The monoisotopic (exact) mass is 392 g/mol. The van der Waals surface area contributed by atoms with Gasteiger partial charge in [0.05, 0.1) is 18.1 Å². The molecule has 1 saturated heterocycles. The van der Waals surface area contributed by atoms with Gasteiger partial charge in [0, 0.05) is 55.9 Å². The van der Waals surface area contributed by atoms with Crippen LogP contribution in [0.5, 0.6) is 0 Å². The molecule has 0 aliphatic carbocycles. The van der Waals surface area contributed by atoms with Crippen LogP contribution in [0.15, 0.2) is 30.9 Å². The highest BCUT2D eigenvalue weighted by Gasteiger charge is 2.30. The highest BCUT2D eigenvalue weighted by molar-refractivity contribution is 6.02. The van der Waals surface area contributed by atoms with E-state index < -0.39 is 0 Å². The fourth-order valence-electron chi connectivity index (χ4n) is 4.19. The lowest BCUT2D eigenvalue weighted by atomic mass is 10.1. The smallest absolute Gasteiger partial charge is 0.328 e. The predicted molar refractivity (Wildman–Crippen MR) is 112 cm³/mol. The number of rotatable bonds is 2. The maximum absolute atomic E-state index is 12.9. The predicted octanol–water partition coefficient (Wildman–Crippen LogP) is 1.83. The van der Waals surface area contributed by atoms with Gasteiger partial charge >= 0.3 is 6.03 Å². The van der Waals surface area contributed by atoms with Gasteiger partial charge in [-0.15, -0.1) is 0 Å². The van der Waals surface area contributed by atoms with Gasteiger partial charge in [0.2, 0.25) is 0 Å². The summed E-state index contributed by atoms with van der Waals surface area (Å²) in [6, 6.07) is 2.29. The number of carbonyl (C=O) groups is 1. The van der Waals surface area contributed by atoms with Crippen molar-refractivity contribution >= 4 is 29.0 Å². The standard InChI is InChI=1S/C20H24N8O/c1-13-10-26(8-6-21-13)16-3-5-22-19-15(16)4-7-28(19)20(29)25-17-12-27-11-14(2)24-18(27)9-23-17/h3,5,9,11-13,21H,4,6-8,10H2,1-2H3,(H,25,29)/t13-/m1/s1. The fraction of sp³-hybridized carbons (Fsp3) is 0.400. The maximum atomic E-state index is 12.9. The van der Waals surface area contributed by atoms with Crippen molar-refractivity contribution in [2.24, 2.45) is 0 Å². The molecule has 2 aliphatic heterocycles. The van der Waals surface area contributed by atoms with E-state index in [2.05, 4.69) is 43.5 Å². The number of carbonyl (C=O) groups excluding carboxylic acids is 1. The van der Waals surface area contributed by atoms with E-state index in [4.69, 9.17) is 0 Å². The molecule has 9 heteroatoms. The maximum Gasteiger partial charge on any atom is 0.328 e. The molecule has 5 rings (SSSR count). The van der Waals surface area contributed by atoms with Crippen LogP contribution in [-0.2, 0) is 6.42 Å². The third kappa shape index (κ3) is 3.27. The van der Waals surface area contributed by atoms with E-state index in [0.29, 0.717) is 18.4 Å². The molecule has 1 atom stereocenters. The second-order valence-corrected chi connectivity index (χ2v) is 7.69. The summed E-state index contributed by atoms with van der Waals surface area (Å²) in [5.41, 5.74) is 3.99. The summed E-state index contributed by atoms with van der Waals surface area (Å²) >= 11 is 0. The van der Waals surface area contributed by atoms with E-state index in [-0.39, 0.29) is 6.03 Å². The van der Waals surface area contributed by atoms with E-state index in [1.165, 1.54) is 5.69 Å². The van der Waals surface area contributed by atoms with Gasteiger partial charge in [-0.3, -0.25) is 10.2 Å². The topological polar surface area (TPSA) is 90.7 Å². The summed E-state index contributed by atoms with van der Waals surface area (Å²) in [5, 5.41) is 6.37. The fourth-order valence-corrected chi connectivity index (χ4v) is 4.19. The molecule has 2 N–H and O–H groups in total. The number of urea groups is 1. The van der Waals surface area contributed by atoms with Crippen LogP contribution in [0.1, 0.15) is 18.2 Å². The van der Waals surface area contributed by atoms with Crippen LogP contribution in [-0.4, -0.2) is 57.6 Å². The molecule has 0 saturated carbocycles. The number of piperazine rings is 1. The molecule has 1 fully saturated rings. The van der Waals surface area contributed by atoms with Gasteiger partial charge < -0.3 is 14.6 Å². The highest BCUT2D eigenvalue weighted by atomic mass is 16.2. The molecule has 150 valence electrons. The van der Waals surface area contributed by atoms with Crippen LogP contribution in [0, 0.1) is 6.92 Å². The van der Waals surface area contributed by atoms with Gasteiger partial charge in [-0.1, -0.05) is 0 Å². The first-order chi connectivity index (χ1) is 14.1. The van der Waals surface area contributed by atoms with Crippen LogP contribution in [0.4, 0.5) is 22.1 Å². The number of nitrogens with one attached hydrogen (secondary N) is 2. The molecule has 0 bridgehead atoms. The molecule has 9 nitrogen and oxygen atoms in total. The minimum absolute atomic E-state index is 0.217. The van der Waals surface area contributed by atoms with Crippen LogP contribution >= 0.6 is 0 Å². The second kappa shape index (κ2) is 7.00. The van der Waals surface area contributed by atoms with Gasteiger partial charge in [-0.05, 0) is 26.3 Å². The Labute approximate surface area is 168 Å². The molecular weight excluding hydrogens is 368 g/mol. The molecule has 0 spiro atoms. The first kappa shape index (κ1) is 17.9. The quantitative estimate of drug-likeness (QED) is 0.691. The molecule has 0 aromatic carbocycles. The third-order valence-corrected chi connectivity index (χ3v) is 5.50. The summed E-state index contributed by atoms with van der Waals surface area (Å²) < 4.78 is 1.86. The Hall–Kier alpha value is -3.20. The van der Waals surface area contributed by atoms with Crippen molar-refractivity contribution in [2.45, 2.75) is 26.3 Å². The summed E-state index contributed by atoms with van der Waals surface area (Å²) in [6.07, 6.45) is 7.93. The Morgan fingerprint density at radius 1 is 1.28 bits per heavy atom. The van der Waals surface area contributed by atoms with E-state index >= 15 is 0 Å². The first-order valence-corrected chi connectivity index (χ1v) is 9.94. The van der Waals surface area contributed by atoms with Crippen molar-refractivity contribution in [3.8, 4) is 0 Å². The SMILES string of the molecule is Cc1cn2cc(NC(=O)N3CCc4c(N5CCN[C@H](C)C5)ccnc43)ncc2n1. The molecule has 2 amide bonds. The number of fused-ring (bicyclic) bond motifs is 2. The van der Waals surface area contributed by atoms with E-state index in [0.717, 1.165) is 48.8 Å².